The summed E-state index contributed by atoms with van der Waals surface area (Å²) < 4.78 is 44.0. The molecule has 33 heavy (non-hydrogen) atoms. The van der Waals surface area contributed by atoms with Crippen LogP contribution >= 0.6 is 0 Å². The van der Waals surface area contributed by atoms with Gasteiger partial charge in [-0.05, 0) is 29.8 Å². The average Bonchev–Trinajstić information content (AvgIpc) is 3.31. The van der Waals surface area contributed by atoms with Crippen molar-refractivity contribution >= 4 is 5.91 Å². The molecular weight excluding hydrogens is 431 g/mol. The molecule has 0 saturated carbocycles. The van der Waals surface area contributed by atoms with Gasteiger partial charge in [-0.1, -0.05) is 65.8 Å². The summed E-state index contributed by atoms with van der Waals surface area (Å²) in [6, 6.07) is 22.9. The standard InChI is InChI=1S/C25H20F3N3O2/c26-25(27,28)21-13-11-20(12-14-21)24(32)31(17-18-7-3-1-4-8-18)16-15-22-29-23(30-33-22)19-9-5-2-6-10-19/h1-14H,15-17H2. The summed E-state index contributed by atoms with van der Waals surface area (Å²) >= 11 is 0. The van der Waals surface area contributed by atoms with Gasteiger partial charge in [-0.3, -0.25) is 4.79 Å². The fraction of sp³-hybridized carbons (Fsp3) is 0.160. The molecule has 0 aliphatic heterocycles. The monoisotopic (exact) mass is 451 g/mol. The molecule has 1 heterocycles. The molecule has 0 aliphatic carbocycles. The number of nitrogens with zero attached hydrogens (tertiary/aromatic N) is 3. The van der Waals surface area contributed by atoms with Crippen LogP contribution in [0.15, 0.2) is 89.5 Å². The van der Waals surface area contributed by atoms with Crippen molar-refractivity contribution in [2.75, 3.05) is 6.54 Å². The molecule has 0 fully saturated rings. The third-order valence-electron chi connectivity index (χ3n) is 5.06. The van der Waals surface area contributed by atoms with E-state index in [9.17, 15) is 18.0 Å². The van der Waals surface area contributed by atoms with E-state index in [2.05, 4.69) is 10.1 Å². The SMILES string of the molecule is O=C(c1ccc(C(F)(F)F)cc1)N(CCc1nc(-c2ccccc2)no1)Cc1ccccc1. The number of halogens is 3. The predicted molar refractivity (Wildman–Crippen MR) is 116 cm³/mol. The Hall–Kier alpha value is -3.94. The number of carbonyl (C=O) groups is 1. The first-order chi connectivity index (χ1) is 15.9. The van der Waals surface area contributed by atoms with E-state index < -0.39 is 11.7 Å². The van der Waals surface area contributed by atoms with Gasteiger partial charge in [0.2, 0.25) is 11.7 Å². The number of hydrogen-bond donors (Lipinski definition) is 0. The van der Waals surface area contributed by atoms with Crippen molar-refractivity contribution in [3.8, 4) is 11.4 Å². The molecule has 1 amide bonds. The van der Waals surface area contributed by atoms with E-state index in [4.69, 9.17) is 4.52 Å². The second-order valence-electron chi connectivity index (χ2n) is 7.42. The zero-order valence-corrected chi connectivity index (χ0v) is 17.5. The van der Waals surface area contributed by atoms with E-state index >= 15 is 0 Å². The zero-order chi connectivity index (χ0) is 23.3. The van der Waals surface area contributed by atoms with E-state index in [1.54, 1.807) is 4.90 Å². The lowest BCUT2D eigenvalue weighted by molar-refractivity contribution is -0.137. The van der Waals surface area contributed by atoms with Gasteiger partial charge >= 0.3 is 6.18 Å². The van der Waals surface area contributed by atoms with Crippen LogP contribution in [0, 0.1) is 0 Å². The van der Waals surface area contributed by atoms with Crippen LogP contribution < -0.4 is 0 Å². The number of carbonyl (C=O) groups excluding carboxylic acids is 1. The fourth-order valence-corrected chi connectivity index (χ4v) is 3.33. The molecule has 3 aromatic carbocycles. The highest BCUT2D eigenvalue weighted by atomic mass is 19.4. The highest BCUT2D eigenvalue weighted by Gasteiger charge is 2.30. The van der Waals surface area contributed by atoms with Crippen molar-refractivity contribution in [3.05, 3.63) is 108 Å². The molecule has 0 saturated heterocycles. The highest BCUT2D eigenvalue weighted by molar-refractivity contribution is 5.94. The Morgan fingerprint density at radius 3 is 2.15 bits per heavy atom. The summed E-state index contributed by atoms with van der Waals surface area (Å²) in [5.41, 5.74) is 1.09. The summed E-state index contributed by atoms with van der Waals surface area (Å²) in [6.07, 6.45) is -4.15. The maximum Gasteiger partial charge on any atom is 0.416 e. The second kappa shape index (κ2) is 9.68. The van der Waals surface area contributed by atoms with Crippen molar-refractivity contribution in [1.29, 1.82) is 0 Å². The van der Waals surface area contributed by atoms with Crippen molar-refractivity contribution in [2.24, 2.45) is 0 Å². The Balaban J connectivity index is 1.51. The number of hydrogen-bond acceptors (Lipinski definition) is 4. The van der Waals surface area contributed by atoms with Gasteiger partial charge in [0.05, 0.1) is 5.56 Å². The fourth-order valence-electron chi connectivity index (χ4n) is 3.33. The van der Waals surface area contributed by atoms with Crippen LogP contribution in [0.5, 0.6) is 0 Å². The van der Waals surface area contributed by atoms with E-state index in [1.165, 1.54) is 12.1 Å². The minimum Gasteiger partial charge on any atom is -0.339 e. The third-order valence-corrected chi connectivity index (χ3v) is 5.06. The zero-order valence-electron chi connectivity index (χ0n) is 17.5. The molecule has 0 atom stereocenters. The van der Waals surface area contributed by atoms with Gasteiger partial charge in [0, 0.05) is 30.6 Å². The number of amides is 1. The maximum absolute atomic E-state index is 13.1. The molecule has 4 aromatic rings. The molecule has 0 radical (unpaired) electrons. The highest BCUT2D eigenvalue weighted by Crippen LogP contribution is 2.29. The van der Waals surface area contributed by atoms with Crippen LogP contribution in [-0.4, -0.2) is 27.5 Å². The van der Waals surface area contributed by atoms with Crippen LogP contribution in [0.25, 0.3) is 11.4 Å². The van der Waals surface area contributed by atoms with Gasteiger partial charge < -0.3 is 9.42 Å². The summed E-state index contributed by atoms with van der Waals surface area (Å²) in [5, 5.41) is 3.99. The van der Waals surface area contributed by atoms with Gasteiger partial charge in [-0.15, -0.1) is 0 Å². The average molecular weight is 451 g/mol. The van der Waals surface area contributed by atoms with Crippen LogP contribution in [0.2, 0.25) is 0 Å². The van der Waals surface area contributed by atoms with Gasteiger partial charge in [0.25, 0.3) is 5.91 Å². The van der Waals surface area contributed by atoms with Gasteiger partial charge in [0.15, 0.2) is 0 Å². The second-order valence-corrected chi connectivity index (χ2v) is 7.42. The molecule has 0 unspecified atom stereocenters. The van der Waals surface area contributed by atoms with Gasteiger partial charge in [0.1, 0.15) is 0 Å². The van der Waals surface area contributed by atoms with E-state index in [1.807, 2.05) is 60.7 Å². The molecule has 5 nitrogen and oxygen atoms in total. The number of alkyl halides is 3. The Labute approximate surface area is 188 Å². The molecule has 0 N–H and O–H groups in total. The van der Waals surface area contributed by atoms with Crippen molar-refractivity contribution in [1.82, 2.24) is 15.0 Å². The third kappa shape index (κ3) is 5.65. The Bertz CT molecular complexity index is 1190. The molecular formula is C25H20F3N3O2. The Kier molecular flexibility index (Phi) is 6.53. The predicted octanol–water partition coefficient (Wildman–Crippen LogP) is 5.64. The molecule has 4 rings (SSSR count). The van der Waals surface area contributed by atoms with E-state index in [0.717, 1.165) is 23.3 Å². The molecule has 168 valence electrons. The topological polar surface area (TPSA) is 59.2 Å². The van der Waals surface area contributed by atoms with Crippen molar-refractivity contribution in [2.45, 2.75) is 19.1 Å². The van der Waals surface area contributed by atoms with Crippen LogP contribution in [0.1, 0.15) is 27.4 Å². The van der Waals surface area contributed by atoms with Crippen molar-refractivity contribution < 1.29 is 22.5 Å². The van der Waals surface area contributed by atoms with Gasteiger partial charge in [-0.2, -0.15) is 18.2 Å². The maximum atomic E-state index is 13.1. The summed E-state index contributed by atoms with van der Waals surface area (Å²) in [4.78, 5) is 19.1. The number of aromatic nitrogens is 2. The van der Waals surface area contributed by atoms with Crippen molar-refractivity contribution in [3.63, 3.8) is 0 Å². The molecule has 0 aliphatic rings. The smallest absolute Gasteiger partial charge is 0.339 e. The minimum absolute atomic E-state index is 0.175. The normalized spacial score (nSPS) is 11.4. The first kappa shape index (κ1) is 22.3. The lowest BCUT2D eigenvalue weighted by atomic mass is 10.1. The Morgan fingerprint density at radius 2 is 1.52 bits per heavy atom. The molecule has 0 spiro atoms. The van der Waals surface area contributed by atoms with Crippen LogP contribution in [-0.2, 0) is 19.1 Å². The summed E-state index contributed by atoms with van der Waals surface area (Å²) in [7, 11) is 0. The first-order valence-corrected chi connectivity index (χ1v) is 10.3. The first-order valence-electron chi connectivity index (χ1n) is 10.3. The summed E-state index contributed by atoms with van der Waals surface area (Å²) in [6.45, 7) is 0.547. The van der Waals surface area contributed by atoms with E-state index in [-0.39, 0.29) is 18.0 Å². The van der Waals surface area contributed by atoms with E-state index in [0.29, 0.717) is 24.7 Å². The summed E-state index contributed by atoms with van der Waals surface area (Å²) in [5.74, 6) is 0.441. The molecule has 8 heteroatoms. The lowest BCUT2D eigenvalue weighted by Crippen LogP contribution is -2.32. The van der Waals surface area contributed by atoms with Crippen LogP contribution in [0.4, 0.5) is 13.2 Å². The van der Waals surface area contributed by atoms with Gasteiger partial charge in [-0.25, -0.2) is 0 Å². The minimum atomic E-state index is -4.46. The molecule has 1 aromatic heterocycles. The van der Waals surface area contributed by atoms with Crippen LogP contribution in [0.3, 0.4) is 0 Å². The quantitative estimate of drug-likeness (QED) is 0.365. The number of rotatable bonds is 7. The number of benzene rings is 3. The molecule has 0 bridgehead atoms. The largest absolute Gasteiger partial charge is 0.416 e. The Morgan fingerprint density at radius 1 is 0.879 bits per heavy atom. The lowest BCUT2D eigenvalue weighted by Gasteiger charge is -2.22.